The molecule has 0 aliphatic carbocycles. The number of nitrogens with zero attached hydrogens (tertiary/aromatic N) is 1. The molecular weight excluding hydrogens is 529 g/mol. The van der Waals surface area contributed by atoms with Crippen molar-refractivity contribution < 1.29 is 13.2 Å². The SMILES string of the molecule is CC.CC(C)(c1ccc(-c2cnc(CNS(C)(=O)=O)[nH]2)cc1)c1cc(Cl)c(OCCCCl)c(Cl)c1. The molecule has 1 aromatic heterocycles. The lowest BCUT2D eigenvalue weighted by Gasteiger charge is -2.27. The van der Waals surface area contributed by atoms with E-state index in [4.69, 9.17) is 39.5 Å². The summed E-state index contributed by atoms with van der Waals surface area (Å²) in [4.78, 5) is 7.38. The summed E-state index contributed by atoms with van der Waals surface area (Å²) < 4.78 is 30.6. The van der Waals surface area contributed by atoms with Crippen LogP contribution in [0.15, 0.2) is 42.6 Å². The van der Waals surface area contributed by atoms with Crippen LogP contribution >= 0.6 is 34.8 Å². The highest BCUT2D eigenvalue weighted by Crippen LogP contribution is 2.40. The molecule has 0 spiro atoms. The van der Waals surface area contributed by atoms with E-state index in [9.17, 15) is 8.42 Å². The predicted molar refractivity (Wildman–Crippen MR) is 146 cm³/mol. The highest BCUT2D eigenvalue weighted by atomic mass is 35.5. The quantitative estimate of drug-likeness (QED) is 0.211. The number of halogens is 3. The van der Waals surface area contributed by atoms with Gasteiger partial charge in [-0.1, -0.05) is 75.2 Å². The Hall–Kier alpha value is -1.77. The maximum Gasteiger partial charge on any atom is 0.209 e. The summed E-state index contributed by atoms with van der Waals surface area (Å²) in [7, 11) is -3.28. The second kappa shape index (κ2) is 13.0. The Labute approximate surface area is 223 Å². The third-order valence-corrected chi connectivity index (χ3v) is 6.79. The van der Waals surface area contributed by atoms with E-state index in [-0.39, 0.29) is 12.0 Å². The minimum atomic E-state index is -3.28. The molecule has 2 aromatic carbocycles. The number of benzene rings is 2. The smallest absolute Gasteiger partial charge is 0.209 e. The molecule has 35 heavy (non-hydrogen) atoms. The van der Waals surface area contributed by atoms with Gasteiger partial charge < -0.3 is 9.72 Å². The summed E-state index contributed by atoms with van der Waals surface area (Å²) in [6.07, 6.45) is 3.50. The van der Waals surface area contributed by atoms with Crippen LogP contribution in [0, 0.1) is 0 Å². The summed E-state index contributed by atoms with van der Waals surface area (Å²) >= 11 is 18.7. The summed E-state index contributed by atoms with van der Waals surface area (Å²) in [6, 6.07) is 11.8. The summed E-state index contributed by atoms with van der Waals surface area (Å²) in [6.45, 7) is 8.76. The standard InChI is InChI=1S/C23H26Cl3N3O3S.C2H6/c1-23(2,17-11-18(25)22(19(26)12-17)32-10-4-9-24)16-7-5-15(6-8-16)20-13-27-21(29-20)14-28-33(3,30)31;1-2/h5-8,11-13,28H,4,9-10,14H2,1-3H3,(H,27,29);1-2H3. The fourth-order valence-corrected chi connectivity index (χ4v) is 4.42. The Morgan fingerprint density at radius 1 is 1.06 bits per heavy atom. The maximum atomic E-state index is 11.3. The van der Waals surface area contributed by atoms with Gasteiger partial charge in [-0.3, -0.25) is 0 Å². The number of hydrogen-bond donors (Lipinski definition) is 2. The van der Waals surface area contributed by atoms with Crippen molar-refractivity contribution in [3.63, 3.8) is 0 Å². The Balaban J connectivity index is 0.00000210. The second-order valence-electron chi connectivity index (χ2n) is 8.20. The van der Waals surface area contributed by atoms with E-state index in [1.165, 1.54) is 0 Å². The van der Waals surface area contributed by atoms with E-state index in [0.717, 1.165) is 28.6 Å². The average molecular weight is 561 g/mol. The number of ether oxygens (including phenoxy) is 1. The molecule has 6 nitrogen and oxygen atoms in total. The second-order valence-corrected chi connectivity index (χ2v) is 11.2. The van der Waals surface area contributed by atoms with Crippen molar-refractivity contribution in [3.05, 3.63) is 69.6 Å². The van der Waals surface area contributed by atoms with Crippen molar-refractivity contribution in [1.82, 2.24) is 14.7 Å². The van der Waals surface area contributed by atoms with Crippen LogP contribution in [0.3, 0.4) is 0 Å². The monoisotopic (exact) mass is 559 g/mol. The molecule has 0 unspecified atom stereocenters. The molecule has 3 rings (SSSR count). The van der Waals surface area contributed by atoms with Crippen molar-refractivity contribution >= 4 is 44.8 Å². The van der Waals surface area contributed by atoms with Gasteiger partial charge in [0.05, 0.1) is 41.3 Å². The minimum absolute atomic E-state index is 0.108. The Morgan fingerprint density at radius 2 is 1.66 bits per heavy atom. The van der Waals surface area contributed by atoms with Gasteiger partial charge in [0.1, 0.15) is 5.82 Å². The topological polar surface area (TPSA) is 84.1 Å². The fraction of sp³-hybridized carbons (Fsp3) is 0.400. The predicted octanol–water partition coefficient (Wildman–Crippen LogP) is 6.79. The normalized spacial score (nSPS) is 11.7. The molecule has 2 N–H and O–H groups in total. The van der Waals surface area contributed by atoms with Crippen molar-refractivity contribution in [2.45, 2.75) is 46.1 Å². The molecule has 192 valence electrons. The van der Waals surface area contributed by atoms with Gasteiger partial charge >= 0.3 is 0 Å². The number of alkyl halides is 1. The molecule has 0 amide bonds. The molecule has 0 saturated carbocycles. The molecule has 0 aliphatic heterocycles. The molecule has 0 bridgehead atoms. The van der Waals surface area contributed by atoms with Gasteiger partial charge in [-0.25, -0.2) is 18.1 Å². The van der Waals surface area contributed by atoms with Gasteiger partial charge in [0.2, 0.25) is 10.0 Å². The van der Waals surface area contributed by atoms with E-state index >= 15 is 0 Å². The van der Waals surface area contributed by atoms with Crippen LogP contribution in [-0.4, -0.2) is 37.1 Å². The van der Waals surface area contributed by atoms with E-state index in [2.05, 4.69) is 28.5 Å². The van der Waals surface area contributed by atoms with Crippen LogP contribution in [0.5, 0.6) is 5.75 Å². The highest BCUT2D eigenvalue weighted by Gasteiger charge is 2.25. The van der Waals surface area contributed by atoms with E-state index in [1.54, 1.807) is 6.20 Å². The van der Waals surface area contributed by atoms with Crippen molar-refractivity contribution in [3.8, 4) is 17.0 Å². The van der Waals surface area contributed by atoms with Crippen LogP contribution < -0.4 is 9.46 Å². The van der Waals surface area contributed by atoms with Crippen molar-refractivity contribution in [1.29, 1.82) is 0 Å². The first-order valence-electron chi connectivity index (χ1n) is 11.3. The lowest BCUT2D eigenvalue weighted by atomic mass is 9.78. The van der Waals surface area contributed by atoms with Crippen LogP contribution in [0.25, 0.3) is 11.3 Å². The number of H-pyrrole nitrogens is 1. The fourth-order valence-electron chi connectivity index (χ4n) is 3.32. The first kappa shape index (κ1) is 29.5. The summed E-state index contributed by atoms with van der Waals surface area (Å²) in [5, 5.41) is 0.925. The number of aromatic amines is 1. The molecule has 10 heteroatoms. The largest absolute Gasteiger partial charge is 0.490 e. The first-order chi connectivity index (χ1) is 16.5. The van der Waals surface area contributed by atoms with Gasteiger partial charge in [-0.05, 0) is 35.2 Å². The highest BCUT2D eigenvalue weighted by molar-refractivity contribution is 7.88. The van der Waals surface area contributed by atoms with Crippen LogP contribution in [0.2, 0.25) is 10.0 Å². The molecule has 0 atom stereocenters. The van der Waals surface area contributed by atoms with Crippen molar-refractivity contribution in [2.75, 3.05) is 18.7 Å². The number of sulfonamides is 1. The number of rotatable bonds is 10. The first-order valence-corrected chi connectivity index (χ1v) is 14.5. The molecule has 0 aliphatic rings. The Morgan fingerprint density at radius 3 is 2.20 bits per heavy atom. The van der Waals surface area contributed by atoms with Crippen LogP contribution in [0.1, 0.15) is 51.1 Å². The van der Waals surface area contributed by atoms with Crippen LogP contribution in [0.4, 0.5) is 0 Å². The maximum absolute atomic E-state index is 11.3. The lowest BCUT2D eigenvalue weighted by molar-refractivity contribution is 0.318. The summed E-state index contributed by atoms with van der Waals surface area (Å²) in [5.41, 5.74) is 3.42. The van der Waals surface area contributed by atoms with Gasteiger partial charge in [-0.2, -0.15) is 0 Å². The zero-order valence-electron chi connectivity index (χ0n) is 20.6. The molecular formula is C25H32Cl3N3O3S. The van der Waals surface area contributed by atoms with E-state index < -0.39 is 10.0 Å². The average Bonchev–Trinajstić information content (AvgIpc) is 3.29. The lowest BCUT2D eigenvalue weighted by Crippen LogP contribution is -2.21. The van der Waals surface area contributed by atoms with Crippen molar-refractivity contribution in [2.24, 2.45) is 0 Å². The number of nitrogens with one attached hydrogen (secondary N) is 2. The summed E-state index contributed by atoms with van der Waals surface area (Å²) in [5.74, 6) is 1.52. The molecule has 0 fully saturated rings. The minimum Gasteiger partial charge on any atom is -0.490 e. The van der Waals surface area contributed by atoms with Gasteiger partial charge in [0.15, 0.2) is 5.75 Å². The Kier molecular flexibility index (Phi) is 10.9. The van der Waals surface area contributed by atoms with Gasteiger partial charge in [0.25, 0.3) is 0 Å². The molecule has 0 saturated heterocycles. The van der Waals surface area contributed by atoms with E-state index in [1.807, 2.05) is 50.2 Å². The van der Waals surface area contributed by atoms with Gasteiger partial charge in [0, 0.05) is 11.3 Å². The van der Waals surface area contributed by atoms with E-state index in [0.29, 0.717) is 40.5 Å². The third-order valence-electron chi connectivity index (χ3n) is 5.29. The Bertz CT molecular complexity index is 1190. The molecule has 3 aromatic rings. The van der Waals surface area contributed by atoms with Gasteiger partial charge in [-0.15, -0.1) is 11.6 Å². The zero-order valence-corrected chi connectivity index (χ0v) is 23.7. The number of hydrogen-bond acceptors (Lipinski definition) is 4. The third kappa shape index (κ3) is 8.12. The molecule has 0 radical (unpaired) electrons. The molecule has 1 heterocycles. The van der Waals surface area contributed by atoms with Crippen LogP contribution in [-0.2, 0) is 22.0 Å². The zero-order chi connectivity index (χ0) is 26.2. The number of imidazole rings is 1. The number of aromatic nitrogens is 2.